The molecule has 0 aromatic heterocycles. The summed E-state index contributed by atoms with van der Waals surface area (Å²) in [5.41, 5.74) is 0.594. The minimum atomic E-state index is -0.651. The number of benzene rings is 1. The van der Waals surface area contributed by atoms with Gasteiger partial charge in [0.05, 0.1) is 6.54 Å². The van der Waals surface area contributed by atoms with Crippen LogP contribution in [-0.4, -0.2) is 48.4 Å². The second-order valence-corrected chi connectivity index (χ2v) is 5.53. The van der Waals surface area contributed by atoms with E-state index < -0.39 is 5.38 Å². The third-order valence-electron chi connectivity index (χ3n) is 3.19. The van der Waals surface area contributed by atoms with E-state index in [1.54, 1.807) is 32.0 Å². The smallest absolute Gasteiger partial charge is 0.243 e. The largest absolute Gasteiger partial charge is 0.486 e. The Kier molecular flexibility index (Phi) is 5.49. The molecule has 1 N–H and O–H groups in total. The van der Waals surface area contributed by atoms with Gasteiger partial charge in [0, 0.05) is 18.3 Å². The van der Waals surface area contributed by atoms with Crippen LogP contribution in [0.25, 0.3) is 0 Å². The van der Waals surface area contributed by atoms with Crippen molar-refractivity contribution < 1.29 is 19.1 Å². The van der Waals surface area contributed by atoms with E-state index in [0.29, 0.717) is 36.9 Å². The van der Waals surface area contributed by atoms with E-state index in [2.05, 4.69) is 5.32 Å². The third-order valence-corrected chi connectivity index (χ3v) is 3.38. The molecule has 1 unspecified atom stereocenters. The van der Waals surface area contributed by atoms with Crippen molar-refractivity contribution in [3.05, 3.63) is 18.2 Å². The van der Waals surface area contributed by atoms with Gasteiger partial charge in [0.1, 0.15) is 18.6 Å². The first-order valence-corrected chi connectivity index (χ1v) is 7.57. The number of nitrogens with one attached hydrogen (secondary N) is 1. The highest BCUT2D eigenvalue weighted by Gasteiger charge is 2.20. The Hall–Kier alpha value is -1.95. The lowest BCUT2D eigenvalue weighted by molar-refractivity contribution is -0.133. The van der Waals surface area contributed by atoms with Crippen LogP contribution in [0.4, 0.5) is 5.69 Å². The summed E-state index contributed by atoms with van der Waals surface area (Å²) in [6.45, 7) is 4.77. The number of nitrogens with zero attached hydrogens (tertiary/aromatic N) is 1. The summed E-state index contributed by atoms with van der Waals surface area (Å²) in [7, 11) is 0. The zero-order valence-corrected chi connectivity index (χ0v) is 13.4. The Morgan fingerprint density at radius 1 is 1.32 bits per heavy atom. The fraction of sp³-hybridized carbons (Fsp3) is 0.467. The topological polar surface area (TPSA) is 67.9 Å². The molecule has 7 heteroatoms. The van der Waals surface area contributed by atoms with Gasteiger partial charge in [-0.3, -0.25) is 9.59 Å². The van der Waals surface area contributed by atoms with Crippen molar-refractivity contribution in [1.82, 2.24) is 4.90 Å². The maximum absolute atomic E-state index is 12.1. The molecule has 120 valence electrons. The predicted octanol–water partition coefficient (Wildman–Crippen LogP) is 1.87. The number of ether oxygens (including phenoxy) is 2. The standard InChI is InChI=1S/C15H19ClN2O4/c1-3-18(15(20)10(2)16)9-14(19)17-11-4-5-12-13(8-11)22-7-6-21-12/h4-5,8,10H,3,6-7,9H2,1-2H3,(H,17,19). The molecule has 1 aromatic carbocycles. The molecule has 0 radical (unpaired) electrons. The summed E-state index contributed by atoms with van der Waals surface area (Å²) in [6.07, 6.45) is 0. The molecule has 1 heterocycles. The highest BCUT2D eigenvalue weighted by atomic mass is 35.5. The second kappa shape index (κ2) is 7.35. The maximum atomic E-state index is 12.1. The van der Waals surface area contributed by atoms with E-state index in [-0.39, 0.29) is 18.4 Å². The molecule has 6 nitrogen and oxygen atoms in total. The molecular weight excluding hydrogens is 308 g/mol. The summed E-state index contributed by atoms with van der Waals surface area (Å²) in [5, 5.41) is 2.09. The number of amides is 2. The van der Waals surface area contributed by atoms with Crippen LogP contribution in [0.3, 0.4) is 0 Å². The normalized spacial score (nSPS) is 14.1. The van der Waals surface area contributed by atoms with Gasteiger partial charge in [0.25, 0.3) is 0 Å². The number of likely N-dealkylation sites (N-methyl/N-ethyl adjacent to an activating group) is 1. The summed E-state index contributed by atoms with van der Waals surface area (Å²) in [4.78, 5) is 25.3. The van der Waals surface area contributed by atoms with E-state index in [4.69, 9.17) is 21.1 Å². The second-order valence-electron chi connectivity index (χ2n) is 4.88. The Bertz CT molecular complexity index is 562. The lowest BCUT2D eigenvalue weighted by Crippen LogP contribution is -2.41. The highest BCUT2D eigenvalue weighted by molar-refractivity contribution is 6.30. The Balaban J connectivity index is 1.98. The average molecular weight is 327 g/mol. The van der Waals surface area contributed by atoms with Crippen LogP contribution in [0.2, 0.25) is 0 Å². The van der Waals surface area contributed by atoms with Gasteiger partial charge in [0.2, 0.25) is 11.8 Å². The molecule has 1 aliphatic heterocycles. The van der Waals surface area contributed by atoms with Gasteiger partial charge in [-0.15, -0.1) is 11.6 Å². The van der Waals surface area contributed by atoms with Crippen LogP contribution in [0, 0.1) is 0 Å². The molecule has 1 aromatic rings. The molecule has 0 saturated heterocycles. The molecule has 2 amide bonds. The van der Waals surface area contributed by atoms with Crippen LogP contribution < -0.4 is 14.8 Å². The van der Waals surface area contributed by atoms with Crippen molar-refractivity contribution in [2.75, 3.05) is 31.6 Å². The van der Waals surface area contributed by atoms with Crippen molar-refractivity contribution in [3.63, 3.8) is 0 Å². The first kappa shape index (κ1) is 16.4. The van der Waals surface area contributed by atoms with Gasteiger partial charge in [-0.25, -0.2) is 0 Å². The van der Waals surface area contributed by atoms with Crippen LogP contribution in [0.15, 0.2) is 18.2 Å². The number of alkyl halides is 1. The van der Waals surface area contributed by atoms with Gasteiger partial charge < -0.3 is 19.7 Å². The quantitative estimate of drug-likeness (QED) is 0.839. The lowest BCUT2D eigenvalue weighted by Gasteiger charge is -2.22. The fourth-order valence-electron chi connectivity index (χ4n) is 2.09. The average Bonchev–Trinajstić information content (AvgIpc) is 2.51. The van der Waals surface area contributed by atoms with Crippen LogP contribution >= 0.6 is 11.6 Å². The molecule has 0 spiro atoms. The number of halogens is 1. The van der Waals surface area contributed by atoms with Crippen LogP contribution in [0.1, 0.15) is 13.8 Å². The van der Waals surface area contributed by atoms with Crippen molar-refractivity contribution in [3.8, 4) is 11.5 Å². The summed E-state index contributed by atoms with van der Waals surface area (Å²) in [6, 6.07) is 5.18. The SMILES string of the molecule is CCN(CC(=O)Nc1ccc2c(c1)OCCO2)C(=O)C(C)Cl. The monoisotopic (exact) mass is 326 g/mol. The lowest BCUT2D eigenvalue weighted by atomic mass is 10.2. The van der Waals surface area contributed by atoms with Gasteiger partial charge in [0.15, 0.2) is 11.5 Å². The van der Waals surface area contributed by atoms with E-state index in [1.807, 2.05) is 0 Å². The summed E-state index contributed by atoms with van der Waals surface area (Å²) < 4.78 is 10.9. The Morgan fingerprint density at radius 2 is 2.00 bits per heavy atom. The first-order valence-electron chi connectivity index (χ1n) is 7.13. The molecule has 0 fully saturated rings. The number of hydrogen-bond donors (Lipinski definition) is 1. The summed E-state index contributed by atoms with van der Waals surface area (Å²) in [5.74, 6) is 0.707. The Morgan fingerprint density at radius 3 is 2.64 bits per heavy atom. The number of rotatable bonds is 5. The number of fused-ring (bicyclic) bond motifs is 1. The molecule has 2 rings (SSSR count). The van der Waals surface area contributed by atoms with Crippen molar-refractivity contribution in [1.29, 1.82) is 0 Å². The number of carbonyl (C=O) groups excluding carboxylic acids is 2. The van der Waals surface area contributed by atoms with Crippen LogP contribution in [0.5, 0.6) is 11.5 Å². The summed E-state index contributed by atoms with van der Waals surface area (Å²) >= 11 is 5.77. The van der Waals surface area contributed by atoms with Crippen molar-refractivity contribution in [2.45, 2.75) is 19.2 Å². The fourth-order valence-corrected chi connectivity index (χ4v) is 2.23. The Labute approximate surface area is 134 Å². The minimum absolute atomic E-state index is 0.0408. The molecule has 0 saturated carbocycles. The molecular formula is C15H19ClN2O4. The van der Waals surface area contributed by atoms with Gasteiger partial charge in [-0.05, 0) is 26.0 Å². The number of carbonyl (C=O) groups is 2. The molecule has 0 bridgehead atoms. The molecule has 1 atom stereocenters. The first-order chi connectivity index (χ1) is 10.5. The molecule has 22 heavy (non-hydrogen) atoms. The minimum Gasteiger partial charge on any atom is -0.486 e. The van der Waals surface area contributed by atoms with Crippen LogP contribution in [-0.2, 0) is 9.59 Å². The zero-order chi connectivity index (χ0) is 16.1. The van der Waals surface area contributed by atoms with Gasteiger partial charge in [-0.2, -0.15) is 0 Å². The molecule has 0 aliphatic carbocycles. The van der Waals surface area contributed by atoms with E-state index in [9.17, 15) is 9.59 Å². The van der Waals surface area contributed by atoms with Gasteiger partial charge >= 0.3 is 0 Å². The zero-order valence-electron chi connectivity index (χ0n) is 12.6. The number of anilines is 1. The molecule has 1 aliphatic rings. The highest BCUT2D eigenvalue weighted by Crippen LogP contribution is 2.32. The predicted molar refractivity (Wildman–Crippen MR) is 83.6 cm³/mol. The van der Waals surface area contributed by atoms with E-state index in [0.717, 1.165) is 0 Å². The maximum Gasteiger partial charge on any atom is 0.243 e. The third kappa shape index (κ3) is 4.04. The number of hydrogen-bond acceptors (Lipinski definition) is 4. The van der Waals surface area contributed by atoms with E-state index >= 15 is 0 Å². The van der Waals surface area contributed by atoms with Crippen molar-refractivity contribution >= 4 is 29.1 Å². The van der Waals surface area contributed by atoms with E-state index in [1.165, 1.54) is 4.90 Å². The van der Waals surface area contributed by atoms with Gasteiger partial charge in [-0.1, -0.05) is 0 Å². The van der Waals surface area contributed by atoms with Crippen molar-refractivity contribution in [2.24, 2.45) is 0 Å².